The van der Waals surface area contributed by atoms with Crippen LogP contribution in [0.25, 0.3) is 0 Å². The zero-order valence-electron chi connectivity index (χ0n) is 12.6. The Bertz CT molecular complexity index is 375. The molecule has 0 spiro atoms. The molecule has 0 aromatic carbocycles. The van der Waals surface area contributed by atoms with E-state index in [1.54, 1.807) is 11.3 Å². The van der Waals surface area contributed by atoms with Crippen molar-refractivity contribution in [2.45, 2.75) is 52.9 Å². The first kappa shape index (κ1) is 15.0. The SMILES string of the molecule is CCCNCC1CCC(C)CC1Cc1csc(C)n1. The van der Waals surface area contributed by atoms with Crippen LogP contribution in [-0.4, -0.2) is 18.1 Å². The fraction of sp³-hybridized carbons (Fsp3) is 0.812. The summed E-state index contributed by atoms with van der Waals surface area (Å²) in [5.74, 6) is 2.58. The maximum Gasteiger partial charge on any atom is 0.0897 e. The van der Waals surface area contributed by atoms with Crippen LogP contribution in [0, 0.1) is 24.7 Å². The summed E-state index contributed by atoms with van der Waals surface area (Å²) >= 11 is 1.79. The molecule has 108 valence electrons. The number of hydrogen-bond acceptors (Lipinski definition) is 3. The highest BCUT2D eigenvalue weighted by atomic mass is 32.1. The van der Waals surface area contributed by atoms with Crippen LogP contribution in [0.15, 0.2) is 5.38 Å². The second kappa shape index (κ2) is 7.39. The summed E-state index contributed by atoms with van der Waals surface area (Å²) in [6.07, 6.45) is 6.61. The van der Waals surface area contributed by atoms with Gasteiger partial charge in [-0.2, -0.15) is 0 Å². The van der Waals surface area contributed by atoms with E-state index in [-0.39, 0.29) is 0 Å². The number of aryl methyl sites for hydroxylation is 1. The van der Waals surface area contributed by atoms with Crippen molar-refractivity contribution in [3.05, 3.63) is 16.1 Å². The highest BCUT2D eigenvalue weighted by Crippen LogP contribution is 2.35. The van der Waals surface area contributed by atoms with Gasteiger partial charge in [0, 0.05) is 5.38 Å². The predicted molar refractivity (Wildman–Crippen MR) is 83.7 cm³/mol. The molecule has 2 nitrogen and oxygen atoms in total. The summed E-state index contributed by atoms with van der Waals surface area (Å²) in [4.78, 5) is 4.66. The Morgan fingerprint density at radius 1 is 1.37 bits per heavy atom. The standard InChI is InChI=1S/C16H28N2S/c1-4-7-17-10-14-6-5-12(2)8-15(14)9-16-11-19-13(3)18-16/h11-12,14-15,17H,4-10H2,1-3H3. The molecule has 1 aromatic rings. The van der Waals surface area contributed by atoms with Crippen molar-refractivity contribution in [1.82, 2.24) is 10.3 Å². The van der Waals surface area contributed by atoms with Crippen molar-refractivity contribution < 1.29 is 0 Å². The van der Waals surface area contributed by atoms with Crippen molar-refractivity contribution in [2.24, 2.45) is 17.8 Å². The lowest BCUT2D eigenvalue weighted by Gasteiger charge is -2.35. The number of hydrogen-bond donors (Lipinski definition) is 1. The summed E-state index contributed by atoms with van der Waals surface area (Å²) in [6.45, 7) is 9.13. The molecule has 3 unspecified atom stereocenters. The van der Waals surface area contributed by atoms with Gasteiger partial charge in [-0.3, -0.25) is 0 Å². The van der Waals surface area contributed by atoms with Crippen molar-refractivity contribution >= 4 is 11.3 Å². The Labute approximate surface area is 122 Å². The molecule has 0 bridgehead atoms. The van der Waals surface area contributed by atoms with Gasteiger partial charge in [0.2, 0.25) is 0 Å². The lowest BCUT2D eigenvalue weighted by atomic mass is 9.73. The Balaban J connectivity index is 1.91. The van der Waals surface area contributed by atoms with E-state index in [1.807, 2.05) is 0 Å². The van der Waals surface area contributed by atoms with Gasteiger partial charge in [-0.25, -0.2) is 4.98 Å². The predicted octanol–water partition coefficient (Wildman–Crippen LogP) is 4.05. The Kier molecular flexibility index (Phi) is 5.83. The monoisotopic (exact) mass is 280 g/mol. The second-order valence-electron chi connectivity index (χ2n) is 6.20. The molecule has 1 aliphatic carbocycles. The smallest absolute Gasteiger partial charge is 0.0897 e. The van der Waals surface area contributed by atoms with Gasteiger partial charge in [0.1, 0.15) is 0 Å². The van der Waals surface area contributed by atoms with Crippen LogP contribution >= 0.6 is 11.3 Å². The van der Waals surface area contributed by atoms with Crippen LogP contribution in [0.1, 0.15) is 50.2 Å². The van der Waals surface area contributed by atoms with Crippen LogP contribution < -0.4 is 5.32 Å². The molecule has 19 heavy (non-hydrogen) atoms. The first-order valence-corrected chi connectivity index (χ1v) is 8.68. The Hall–Kier alpha value is -0.410. The van der Waals surface area contributed by atoms with Crippen molar-refractivity contribution in [3.63, 3.8) is 0 Å². The second-order valence-corrected chi connectivity index (χ2v) is 7.27. The molecule has 1 fully saturated rings. The summed E-state index contributed by atoms with van der Waals surface area (Å²) < 4.78 is 0. The van der Waals surface area contributed by atoms with Crippen molar-refractivity contribution in [1.29, 1.82) is 0 Å². The van der Waals surface area contributed by atoms with E-state index in [0.717, 1.165) is 24.3 Å². The van der Waals surface area contributed by atoms with Gasteiger partial charge >= 0.3 is 0 Å². The number of rotatable bonds is 6. The molecule has 2 rings (SSSR count). The van der Waals surface area contributed by atoms with Crippen LogP contribution in [0.5, 0.6) is 0 Å². The minimum Gasteiger partial charge on any atom is -0.316 e. The molecule has 0 radical (unpaired) electrons. The molecule has 0 amide bonds. The highest BCUT2D eigenvalue weighted by Gasteiger charge is 2.28. The molecule has 3 atom stereocenters. The Morgan fingerprint density at radius 3 is 2.89 bits per heavy atom. The van der Waals surface area contributed by atoms with Gasteiger partial charge in [-0.1, -0.05) is 20.3 Å². The quantitative estimate of drug-likeness (QED) is 0.795. The van der Waals surface area contributed by atoms with Gasteiger partial charge in [-0.05, 0) is 63.5 Å². The summed E-state index contributed by atoms with van der Waals surface area (Å²) in [7, 11) is 0. The number of nitrogens with zero attached hydrogens (tertiary/aromatic N) is 1. The topological polar surface area (TPSA) is 24.9 Å². The molecular weight excluding hydrogens is 252 g/mol. The zero-order valence-corrected chi connectivity index (χ0v) is 13.4. The largest absolute Gasteiger partial charge is 0.316 e. The average molecular weight is 280 g/mol. The van der Waals surface area contributed by atoms with E-state index in [9.17, 15) is 0 Å². The molecule has 0 saturated heterocycles. The minimum atomic E-state index is 0.828. The van der Waals surface area contributed by atoms with E-state index in [2.05, 4.69) is 36.5 Å². The summed E-state index contributed by atoms with van der Waals surface area (Å²) in [5, 5.41) is 7.09. The zero-order chi connectivity index (χ0) is 13.7. The highest BCUT2D eigenvalue weighted by molar-refractivity contribution is 7.09. The fourth-order valence-corrected chi connectivity index (χ4v) is 3.94. The van der Waals surface area contributed by atoms with Gasteiger partial charge in [-0.15, -0.1) is 11.3 Å². The lowest BCUT2D eigenvalue weighted by Crippen LogP contribution is -2.34. The average Bonchev–Trinajstić information content (AvgIpc) is 2.78. The van der Waals surface area contributed by atoms with E-state index >= 15 is 0 Å². The first-order valence-electron chi connectivity index (χ1n) is 7.80. The van der Waals surface area contributed by atoms with Gasteiger partial charge in [0.05, 0.1) is 10.7 Å². The van der Waals surface area contributed by atoms with E-state index < -0.39 is 0 Å². The molecular formula is C16H28N2S. The summed E-state index contributed by atoms with van der Waals surface area (Å²) in [6, 6.07) is 0. The molecule has 1 aliphatic rings. The van der Waals surface area contributed by atoms with Crippen LogP contribution in [0.2, 0.25) is 0 Å². The number of thiazole rings is 1. The fourth-order valence-electron chi connectivity index (χ4n) is 3.32. The van der Waals surface area contributed by atoms with Gasteiger partial charge < -0.3 is 5.32 Å². The van der Waals surface area contributed by atoms with Crippen LogP contribution in [-0.2, 0) is 6.42 Å². The van der Waals surface area contributed by atoms with Crippen LogP contribution in [0.4, 0.5) is 0 Å². The molecule has 1 saturated carbocycles. The van der Waals surface area contributed by atoms with E-state index in [4.69, 9.17) is 0 Å². The third-order valence-corrected chi connectivity index (χ3v) is 5.20. The Morgan fingerprint density at radius 2 is 2.21 bits per heavy atom. The number of nitrogens with one attached hydrogen (secondary N) is 1. The third kappa shape index (κ3) is 4.57. The lowest BCUT2D eigenvalue weighted by molar-refractivity contribution is 0.183. The number of aromatic nitrogens is 1. The first-order chi connectivity index (χ1) is 9.19. The molecule has 0 aliphatic heterocycles. The summed E-state index contributed by atoms with van der Waals surface area (Å²) in [5.41, 5.74) is 1.32. The third-order valence-electron chi connectivity index (χ3n) is 4.37. The van der Waals surface area contributed by atoms with Crippen molar-refractivity contribution in [3.8, 4) is 0 Å². The van der Waals surface area contributed by atoms with E-state index in [0.29, 0.717) is 0 Å². The molecule has 1 heterocycles. The normalized spacial score (nSPS) is 27.6. The molecule has 1 aromatic heterocycles. The van der Waals surface area contributed by atoms with Crippen molar-refractivity contribution in [2.75, 3.05) is 13.1 Å². The minimum absolute atomic E-state index is 0.828. The van der Waals surface area contributed by atoms with Crippen LogP contribution in [0.3, 0.4) is 0 Å². The molecule has 3 heteroatoms. The van der Waals surface area contributed by atoms with Gasteiger partial charge in [0.15, 0.2) is 0 Å². The molecule has 1 N–H and O–H groups in total. The maximum atomic E-state index is 4.66. The maximum absolute atomic E-state index is 4.66. The van der Waals surface area contributed by atoms with Gasteiger partial charge in [0.25, 0.3) is 0 Å². The van der Waals surface area contributed by atoms with E-state index in [1.165, 1.54) is 49.4 Å².